The predicted octanol–water partition coefficient (Wildman–Crippen LogP) is 4.72. The maximum absolute atomic E-state index is 11.1. The molecule has 3 unspecified atom stereocenters. The van der Waals surface area contributed by atoms with Crippen LogP contribution in [0.3, 0.4) is 0 Å². The Balaban J connectivity index is 1.74. The minimum Gasteiger partial charge on any atom is -0.388 e. The van der Waals surface area contributed by atoms with E-state index in [9.17, 15) is 5.11 Å². The molecule has 0 aliphatic heterocycles. The van der Waals surface area contributed by atoms with Crippen LogP contribution in [0.2, 0.25) is 0 Å². The van der Waals surface area contributed by atoms with Crippen LogP contribution >= 0.6 is 0 Å². The molecule has 1 aromatic carbocycles. The summed E-state index contributed by atoms with van der Waals surface area (Å²) in [6.45, 7) is 4.95. The molecule has 4 aliphatic carbocycles. The average Bonchev–Trinajstić information content (AvgIpc) is 2.34. The van der Waals surface area contributed by atoms with Crippen molar-refractivity contribution in [1.82, 2.24) is 0 Å². The van der Waals surface area contributed by atoms with Crippen molar-refractivity contribution in [1.29, 1.82) is 0 Å². The van der Waals surface area contributed by atoms with Crippen molar-refractivity contribution < 1.29 is 5.11 Å². The molecule has 1 heteroatoms. The normalized spacial score (nSPS) is 47.5. The van der Waals surface area contributed by atoms with E-state index in [1.165, 1.54) is 38.5 Å². The molecule has 0 saturated heterocycles. The van der Waals surface area contributed by atoms with E-state index in [0.29, 0.717) is 10.8 Å². The largest absolute Gasteiger partial charge is 0.388 e. The van der Waals surface area contributed by atoms with Crippen molar-refractivity contribution in [3.8, 4) is 0 Å². The summed E-state index contributed by atoms with van der Waals surface area (Å²) in [7, 11) is 0. The summed E-state index contributed by atoms with van der Waals surface area (Å²) in [6, 6.07) is 10.4. The summed E-state index contributed by atoms with van der Waals surface area (Å²) in [4.78, 5) is 0. The Morgan fingerprint density at radius 1 is 0.950 bits per heavy atom. The monoisotopic (exact) mass is 270 g/mol. The Morgan fingerprint density at radius 2 is 1.55 bits per heavy atom. The first kappa shape index (κ1) is 12.9. The maximum atomic E-state index is 11.1. The van der Waals surface area contributed by atoms with E-state index in [1.54, 1.807) is 0 Å². The standard InChI is InChI=1S/C19H26O/c1-17-8-14-9-18(2,11-17)13-19(10-14,12-17)16(20)15-6-4-3-5-7-15/h3-7,14,16,20H,8-13H2,1-2H3. The molecular formula is C19H26O. The maximum Gasteiger partial charge on any atom is 0.0846 e. The van der Waals surface area contributed by atoms with Crippen LogP contribution in [0.1, 0.15) is 64.0 Å². The highest BCUT2D eigenvalue weighted by Gasteiger charge is 2.62. The van der Waals surface area contributed by atoms with Crippen LogP contribution in [0.25, 0.3) is 0 Å². The van der Waals surface area contributed by atoms with Crippen molar-refractivity contribution >= 4 is 0 Å². The second-order valence-electron chi connectivity index (χ2n) is 8.81. The lowest BCUT2D eigenvalue weighted by molar-refractivity contribution is -0.187. The Labute approximate surface area is 122 Å². The van der Waals surface area contributed by atoms with Crippen LogP contribution in [-0.4, -0.2) is 5.11 Å². The molecule has 1 aromatic rings. The van der Waals surface area contributed by atoms with E-state index in [2.05, 4.69) is 38.1 Å². The van der Waals surface area contributed by atoms with Gasteiger partial charge in [-0.1, -0.05) is 44.2 Å². The number of aliphatic hydroxyl groups is 1. The smallest absolute Gasteiger partial charge is 0.0846 e. The van der Waals surface area contributed by atoms with Gasteiger partial charge in [0.05, 0.1) is 6.10 Å². The topological polar surface area (TPSA) is 20.2 Å². The molecule has 4 aliphatic rings. The molecule has 4 fully saturated rings. The van der Waals surface area contributed by atoms with E-state index >= 15 is 0 Å². The van der Waals surface area contributed by atoms with Gasteiger partial charge in [0.2, 0.25) is 0 Å². The Hall–Kier alpha value is -0.820. The van der Waals surface area contributed by atoms with Gasteiger partial charge in [0.15, 0.2) is 0 Å². The molecule has 0 spiro atoms. The summed E-state index contributed by atoms with van der Waals surface area (Å²) in [5.41, 5.74) is 2.22. The molecule has 0 heterocycles. The fourth-order valence-electron chi connectivity index (χ4n) is 6.83. The summed E-state index contributed by atoms with van der Waals surface area (Å²) < 4.78 is 0. The molecule has 0 amide bonds. The number of aliphatic hydroxyl groups excluding tert-OH is 1. The lowest BCUT2D eigenvalue weighted by Gasteiger charge is -2.66. The number of benzene rings is 1. The highest BCUT2D eigenvalue weighted by Crippen LogP contribution is 2.72. The first-order valence-electron chi connectivity index (χ1n) is 8.15. The van der Waals surface area contributed by atoms with E-state index in [1.807, 2.05) is 6.07 Å². The van der Waals surface area contributed by atoms with Gasteiger partial charge < -0.3 is 5.11 Å². The van der Waals surface area contributed by atoms with E-state index < -0.39 is 0 Å². The average molecular weight is 270 g/mol. The van der Waals surface area contributed by atoms with Crippen LogP contribution in [0.5, 0.6) is 0 Å². The van der Waals surface area contributed by atoms with Gasteiger partial charge in [0.1, 0.15) is 0 Å². The minimum absolute atomic E-state index is 0.143. The molecule has 0 aromatic heterocycles. The zero-order chi connectivity index (χ0) is 14.0. The van der Waals surface area contributed by atoms with Crippen molar-refractivity contribution in [3.05, 3.63) is 35.9 Å². The van der Waals surface area contributed by atoms with Crippen LogP contribution in [-0.2, 0) is 0 Å². The number of hydrogen-bond donors (Lipinski definition) is 1. The molecule has 20 heavy (non-hydrogen) atoms. The lowest BCUT2D eigenvalue weighted by atomic mass is 9.39. The third-order valence-corrected chi connectivity index (χ3v) is 6.36. The molecule has 108 valence electrons. The Bertz CT molecular complexity index is 502. The van der Waals surface area contributed by atoms with Crippen LogP contribution < -0.4 is 0 Å². The van der Waals surface area contributed by atoms with Gasteiger partial charge in [0.25, 0.3) is 0 Å². The van der Waals surface area contributed by atoms with Gasteiger partial charge in [-0.3, -0.25) is 0 Å². The first-order chi connectivity index (χ1) is 9.42. The lowest BCUT2D eigenvalue weighted by Crippen LogP contribution is -2.56. The quantitative estimate of drug-likeness (QED) is 0.824. The van der Waals surface area contributed by atoms with Crippen molar-refractivity contribution in [3.63, 3.8) is 0 Å². The molecule has 4 bridgehead atoms. The number of rotatable bonds is 2. The fraction of sp³-hybridized carbons (Fsp3) is 0.684. The third-order valence-electron chi connectivity index (χ3n) is 6.36. The van der Waals surface area contributed by atoms with Gasteiger partial charge in [-0.05, 0) is 60.8 Å². The summed E-state index contributed by atoms with van der Waals surface area (Å²) in [5, 5.41) is 11.1. The van der Waals surface area contributed by atoms with Crippen molar-refractivity contribution in [2.24, 2.45) is 22.2 Å². The van der Waals surface area contributed by atoms with E-state index in [4.69, 9.17) is 0 Å². The Kier molecular flexibility index (Phi) is 2.50. The molecule has 0 radical (unpaired) electrons. The highest BCUT2D eigenvalue weighted by molar-refractivity contribution is 5.23. The van der Waals surface area contributed by atoms with Crippen molar-refractivity contribution in [2.45, 2.75) is 58.5 Å². The van der Waals surface area contributed by atoms with Crippen molar-refractivity contribution in [2.75, 3.05) is 0 Å². The molecule has 4 saturated carbocycles. The Morgan fingerprint density at radius 3 is 2.10 bits per heavy atom. The second kappa shape index (κ2) is 3.88. The van der Waals surface area contributed by atoms with Gasteiger partial charge in [-0.25, -0.2) is 0 Å². The van der Waals surface area contributed by atoms with Gasteiger partial charge in [0, 0.05) is 5.41 Å². The molecular weight excluding hydrogens is 244 g/mol. The van der Waals surface area contributed by atoms with Gasteiger partial charge in [-0.2, -0.15) is 0 Å². The summed E-state index contributed by atoms with van der Waals surface area (Å²) in [6.07, 6.45) is 7.58. The molecule has 1 nitrogen and oxygen atoms in total. The minimum atomic E-state index is -0.272. The zero-order valence-electron chi connectivity index (χ0n) is 12.7. The zero-order valence-corrected chi connectivity index (χ0v) is 12.7. The third kappa shape index (κ3) is 1.79. The van der Waals surface area contributed by atoms with E-state index in [0.717, 1.165) is 11.5 Å². The molecule has 5 rings (SSSR count). The number of hydrogen-bond acceptors (Lipinski definition) is 1. The second-order valence-corrected chi connectivity index (χ2v) is 8.81. The molecule has 3 atom stereocenters. The summed E-state index contributed by atoms with van der Waals surface area (Å²) >= 11 is 0. The SMILES string of the molecule is CC12CC3CC(C)(C1)CC(C(O)c1ccccc1)(C3)C2. The fourth-order valence-corrected chi connectivity index (χ4v) is 6.83. The van der Waals surface area contributed by atoms with E-state index in [-0.39, 0.29) is 11.5 Å². The molecule has 1 N–H and O–H groups in total. The van der Waals surface area contributed by atoms with Crippen LogP contribution in [0.15, 0.2) is 30.3 Å². The first-order valence-corrected chi connectivity index (χ1v) is 8.15. The summed E-state index contributed by atoms with van der Waals surface area (Å²) in [5.74, 6) is 0.847. The van der Waals surface area contributed by atoms with Gasteiger partial charge >= 0.3 is 0 Å². The predicted molar refractivity (Wildman–Crippen MR) is 81.2 cm³/mol. The van der Waals surface area contributed by atoms with Crippen LogP contribution in [0.4, 0.5) is 0 Å². The highest BCUT2D eigenvalue weighted by atomic mass is 16.3. The van der Waals surface area contributed by atoms with Crippen LogP contribution in [0, 0.1) is 22.2 Å². The van der Waals surface area contributed by atoms with Gasteiger partial charge in [-0.15, -0.1) is 0 Å².